The molecule has 14 heteroatoms. The number of carbonyl (C=O) groups is 2. The summed E-state index contributed by atoms with van der Waals surface area (Å²) in [7, 11) is 0. The number of amides is 2. The minimum absolute atomic E-state index is 0.0163. The SMILES string of the molecule is Nc1nn2c(c1C(=O)Nc1cncc(F)c1N1CCN(C(=O)C3CNCCO3)CC1)NCC(F)C2. The third-order valence-corrected chi connectivity index (χ3v) is 6.30. The van der Waals surface area contributed by atoms with Crippen molar-refractivity contribution < 1.29 is 23.1 Å². The summed E-state index contributed by atoms with van der Waals surface area (Å²) < 4.78 is 35.5. The van der Waals surface area contributed by atoms with Crippen LogP contribution in [0.4, 0.5) is 31.8 Å². The predicted molar refractivity (Wildman–Crippen MR) is 124 cm³/mol. The lowest BCUT2D eigenvalue weighted by Crippen LogP contribution is -2.55. The van der Waals surface area contributed by atoms with Crippen LogP contribution in [0.5, 0.6) is 0 Å². The van der Waals surface area contributed by atoms with Crippen molar-refractivity contribution in [2.24, 2.45) is 0 Å². The molecule has 2 atom stereocenters. The first-order valence-electron chi connectivity index (χ1n) is 11.5. The second-order valence-electron chi connectivity index (χ2n) is 8.62. The highest BCUT2D eigenvalue weighted by Crippen LogP contribution is 2.32. The van der Waals surface area contributed by atoms with Gasteiger partial charge in [0.2, 0.25) is 0 Å². The lowest BCUT2D eigenvalue weighted by molar-refractivity contribution is -0.145. The standard InChI is InChI=1S/C21H27F2N9O3/c22-12-7-27-19-16(18(24)29-32(19)11-12)20(33)28-14-9-26-8-13(23)17(14)30-2-4-31(5-3-30)21(34)15-10-25-1-6-35-15/h8-9,12,15,25,27H,1-7,10-11H2,(H2,24,29)(H,28,33). The first-order valence-corrected chi connectivity index (χ1v) is 11.5. The fourth-order valence-electron chi connectivity index (χ4n) is 4.58. The number of alkyl halides is 1. The summed E-state index contributed by atoms with van der Waals surface area (Å²) in [6.07, 6.45) is 0.759. The number of nitrogens with one attached hydrogen (secondary N) is 3. The number of halogens is 2. The van der Waals surface area contributed by atoms with Crippen LogP contribution in [0.3, 0.4) is 0 Å². The van der Waals surface area contributed by atoms with E-state index in [4.69, 9.17) is 10.5 Å². The molecule has 5 heterocycles. The zero-order valence-electron chi connectivity index (χ0n) is 19.0. The Hall–Kier alpha value is -3.52. The number of piperazine rings is 1. The first-order chi connectivity index (χ1) is 16.9. The van der Waals surface area contributed by atoms with E-state index in [1.165, 1.54) is 10.9 Å². The molecule has 0 radical (unpaired) electrons. The van der Waals surface area contributed by atoms with E-state index in [2.05, 4.69) is 26.0 Å². The van der Waals surface area contributed by atoms with Crippen molar-refractivity contribution in [3.63, 3.8) is 0 Å². The van der Waals surface area contributed by atoms with Gasteiger partial charge in [-0.3, -0.25) is 14.6 Å². The van der Waals surface area contributed by atoms with E-state index in [0.29, 0.717) is 51.7 Å². The average Bonchev–Trinajstić information content (AvgIpc) is 3.19. The van der Waals surface area contributed by atoms with Crippen molar-refractivity contribution >= 4 is 34.8 Å². The molecule has 3 aliphatic rings. The van der Waals surface area contributed by atoms with Gasteiger partial charge in [-0.05, 0) is 0 Å². The molecule has 2 unspecified atom stereocenters. The van der Waals surface area contributed by atoms with E-state index < -0.39 is 24.0 Å². The minimum Gasteiger partial charge on any atom is -0.381 e. The van der Waals surface area contributed by atoms with Crippen LogP contribution < -0.4 is 26.6 Å². The van der Waals surface area contributed by atoms with E-state index in [9.17, 15) is 18.4 Å². The second kappa shape index (κ2) is 9.62. The minimum atomic E-state index is -1.15. The van der Waals surface area contributed by atoms with Crippen molar-refractivity contribution in [3.05, 3.63) is 23.8 Å². The molecule has 3 aliphatic heterocycles. The molecule has 0 aromatic carbocycles. The molecule has 2 aromatic rings. The molecule has 5 rings (SSSR count). The van der Waals surface area contributed by atoms with Crippen LogP contribution >= 0.6 is 0 Å². The van der Waals surface area contributed by atoms with E-state index in [1.54, 1.807) is 9.80 Å². The molecule has 2 amide bonds. The molecule has 5 N–H and O–H groups in total. The maximum Gasteiger partial charge on any atom is 0.263 e. The van der Waals surface area contributed by atoms with E-state index >= 15 is 0 Å². The van der Waals surface area contributed by atoms with Crippen LogP contribution in [-0.4, -0.2) is 96.2 Å². The number of hydrogen-bond donors (Lipinski definition) is 4. The van der Waals surface area contributed by atoms with Crippen molar-refractivity contribution in [1.29, 1.82) is 0 Å². The van der Waals surface area contributed by atoms with Crippen LogP contribution in [0.15, 0.2) is 12.4 Å². The fourth-order valence-corrected chi connectivity index (χ4v) is 4.58. The maximum atomic E-state index is 14.9. The number of nitrogens with two attached hydrogens (primary N) is 1. The van der Waals surface area contributed by atoms with Gasteiger partial charge < -0.3 is 36.2 Å². The summed E-state index contributed by atoms with van der Waals surface area (Å²) in [4.78, 5) is 33.2. The van der Waals surface area contributed by atoms with E-state index in [-0.39, 0.29) is 41.8 Å². The Balaban J connectivity index is 1.30. The lowest BCUT2D eigenvalue weighted by atomic mass is 10.2. The highest BCUT2D eigenvalue weighted by atomic mass is 19.1. The molecule has 2 saturated heterocycles. The largest absolute Gasteiger partial charge is 0.381 e. The third kappa shape index (κ3) is 4.58. The Kier molecular flexibility index (Phi) is 6.38. The number of nitrogen functional groups attached to an aromatic ring is 1. The summed E-state index contributed by atoms with van der Waals surface area (Å²) >= 11 is 0. The quantitative estimate of drug-likeness (QED) is 0.451. The number of anilines is 4. The van der Waals surface area contributed by atoms with Crippen LogP contribution in [0.25, 0.3) is 0 Å². The second-order valence-corrected chi connectivity index (χ2v) is 8.62. The van der Waals surface area contributed by atoms with Crippen molar-refractivity contribution in [2.75, 3.05) is 73.7 Å². The van der Waals surface area contributed by atoms with E-state index in [0.717, 1.165) is 6.20 Å². The summed E-state index contributed by atoms with van der Waals surface area (Å²) in [6.45, 7) is 3.17. The topological polar surface area (TPSA) is 143 Å². The van der Waals surface area contributed by atoms with E-state index in [1.807, 2.05) is 0 Å². The van der Waals surface area contributed by atoms with Gasteiger partial charge in [-0.15, -0.1) is 0 Å². The predicted octanol–water partition coefficient (Wildman–Crippen LogP) is -0.348. The van der Waals surface area contributed by atoms with Gasteiger partial charge in [0, 0.05) is 45.8 Å². The molecular formula is C21H27F2N9O3. The molecule has 12 nitrogen and oxygen atoms in total. The number of rotatable bonds is 4. The van der Waals surface area contributed by atoms with Crippen molar-refractivity contribution in [1.82, 2.24) is 25.0 Å². The van der Waals surface area contributed by atoms with Gasteiger partial charge in [0.05, 0.1) is 31.2 Å². The Morgan fingerprint density at radius 3 is 2.74 bits per heavy atom. The van der Waals surface area contributed by atoms with Crippen molar-refractivity contribution in [3.8, 4) is 0 Å². The number of pyridine rings is 1. The van der Waals surface area contributed by atoms with Gasteiger partial charge >= 0.3 is 0 Å². The fraction of sp³-hybridized carbons (Fsp3) is 0.524. The van der Waals surface area contributed by atoms with Gasteiger partial charge in [-0.1, -0.05) is 0 Å². The zero-order chi connectivity index (χ0) is 24.5. The molecule has 0 saturated carbocycles. The molecule has 0 bridgehead atoms. The zero-order valence-corrected chi connectivity index (χ0v) is 19.0. The van der Waals surface area contributed by atoms with Gasteiger partial charge in [0.15, 0.2) is 11.6 Å². The van der Waals surface area contributed by atoms with Crippen LogP contribution in [-0.2, 0) is 16.1 Å². The molecular weight excluding hydrogens is 464 g/mol. The monoisotopic (exact) mass is 491 g/mol. The molecule has 0 spiro atoms. The molecule has 188 valence electrons. The van der Waals surface area contributed by atoms with Crippen LogP contribution in [0.1, 0.15) is 10.4 Å². The number of fused-ring (bicyclic) bond motifs is 1. The number of hydrogen-bond acceptors (Lipinski definition) is 9. The number of morpholine rings is 1. The Morgan fingerprint density at radius 2 is 2.00 bits per heavy atom. The molecule has 2 fully saturated rings. The average molecular weight is 492 g/mol. The van der Waals surface area contributed by atoms with Crippen LogP contribution in [0.2, 0.25) is 0 Å². The molecule has 2 aromatic heterocycles. The molecule has 0 aliphatic carbocycles. The lowest BCUT2D eigenvalue weighted by Gasteiger charge is -2.38. The van der Waals surface area contributed by atoms with Gasteiger partial charge in [-0.2, -0.15) is 5.10 Å². The Bertz CT molecular complexity index is 1110. The van der Waals surface area contributed by atoms with Crippen LogP contribution in [0, 0.1) is 5.82 Å². The van der Waals surface area contributed by atoms with Crippen molar-refractivity contribution in [2.45, 2.75) is 18.8 Å². The highest BCUT2D eigenvalue weighted by Gasteiger charge is 2.32. The number of aromatic nitrogens is 3. The molecule has 35 heavy (non-hydrogen) atoms. The number of ether oxygens (including phenoxy) is 1. The smallest absolute Gasteiger partial charge is 0.263 e. The van der Waals surface area contributed by atoms with Gasteiger partial charge in [0.25, 0.3) is 11.8 Å². The maximum absolute atomic E-state index is 14.9. The highest BCUT2D eigenvalue weighted by molar-refractivity contribution is 6.12. The summed E-state index contributed by atoms with van der Waals surface area (Å²) in [6, 6.07) is 0. The Labute approximate surface area is 199 Å². The first kappa shape index (κ1) is 23.2. The summed E-state index contributed by atoms with van der Waals surface area (Å²) in [5.41, 5.74) is 6.32. The normalized spacial score (nSPS) is 22.3. The van der Waals surface area contributed by atoms with Gasteiger partial charge in [0.1, 0.15) is 29.3 Å². The third-order valence-electron chi connectivity index (χ3n) is 6.30. The number of nitrogens with zero attached hydrogens (tertiary/aromatic N) is 5. The van der Waals surface area contributed by atoms with Gasteiger partial charge in [-0.25, -0.2) is 13.5 Å². The Morgan fingerprint density at radius 1 is 1.20 bits per heavy atom. The summed E-state index contributed by atoms with van der Waals surface area (Å²) in [5, 5.41) is 12.7. The number of carbonyl (C=O) groups excluding carboxylic acids is 2. The summed E-state index contributed by atoms with van der Waals surface area (Å²) in [5.74, 6) is -1.06.